The smallest absolute Gasteiger partial charge is 0.211 e. The van der Waals surface area contributed by atoms with E-state index in [0.717, 1.165) is 18.2 Å². The Balaban J connectivity index is 1.94. The predicted octanol–water partition coefficient (Wildman–Crippen LogP) is 3.97. The van der Waals surface area contributed by atoms with E-state index in [1.165, 1.54) is 14.2 Å². The Hall–Kier alpha value is -0.650. The van der Waals surface area contributed by atoms with Gasteiger partial charge in [-0.3, -0.25) is 0 Å². The molecule has 0 bridgehead atoms. The maximum Gasteiger partial charge on any atom is 0.211 e. The molecule has 0 spiro atoms. The molecule has 0 saturated heterocycles. The van der Waals surface area contributed by atoms with Crippen LogP contribution in [0.15, 0.2) is 21.2 Å². The van der Waals surface area contributed by atoms with Gasteiger partial charge in [-0.1, -0.05) is 0 Å². The highest BCUT2D eigenvalue weighted by Crippen LogP contribution is 2.26. The predicted molar refractivity (Wildman–Crippen MR) is 73.3 cm³/mol. The van der Waals surface area contributed by atoms with Crippen molar-refractivity contribution in [1.29, 1.82) is 0 Å². The van der Waals surface area contributed by atoms with Crippen LogP contribution in [0.4, 0.5) is 0 Å². The zero-order chi connectivity index (χ0) is 12.4. The SMILES string of the molecule is Cc1cnc(C(C)NCc2cc(Br)c(C)s2)o1. The number of hydrogen-bond donors (Lipinski definition) is 1. The van der Waals surface area contributed by atoms with Gasteiger partial charge in [-0.2, -0.15) is 0 Å². The first-order valence-electron chi connectivity index (χ1n) is 5.47. The summed E-state index contributed by atoms with van der Waals surface area (Å²) in [6.07, 6.45) is 1.75. The maximum atomic E-state index is 5.48. The van der Waals surface area contributed by atoms with Crippen LogP contribution >= 0.6 is 27.3 Å². The number of aromatic nitrogens is 1. The standard InChI is InChI=1S/C12H15BrN2OS/c1-7-5-15-12(16-7)8(2)14-6-10-4-11(13)9(3)17-10/h4-5,8,14H,6H2,1-3H3. The van der Waals surface area contributed by atoms with E-state index in [9.17, 15) is 0 Å². The van der Waals surface area contributed by atoms with E-state index in [-0.39, 0.29) is 6.04 Å². The highest BCUT2D eigenvalue weighted by molar-refractivity contribution is 9.10. The summed E-state index contributed by atoms with van der Waals surface area (Å²) in [4.78, 5) is 6.83. The molecule has 2 aromatic heterocycles. The van der Waals surface area contributed by atoms with Gasteiger partial charge in [-0.15, -0.1) is 11.3 Å². The van der Waals surface area contributed by atoms with Crippen molar-refractivity contribution < 1.29 is 4.42 Å². The molecule has 0 amide bonds. The van der Waals surface area contributed by atoms with Crippen LogP contribution in [0.1, 0.15) is 34.4 Å². The van der Waals surface area contributed by atoms with Crippen molar-refractivity contribution in [2.45, 2.75) is 33.4 Å². The molecule has 0 aliphatic rings. The summed E-state index contributed by atoms with van der Waals surface area (Å²) >= 11 is 5.32. The number of oxazole rings is 1. The second kappa shape index (κ2) is 5.33. The maximum absolute atomic E-state index is 5.48. The molecule has 2 heterocycles. The molecule has 0 radical (unpaired) electrons. The fourth-order valence-electron chi connectivity index (χ4n) is 1.52. The Morgan fingerprint density at radius 2 is 2.29 bits per heavy atom. The normalized spacial score (nSPS) is 12.9. The van der Waals surface area contributed by atoms with Crippen LogP contribution < -0.4 is 5.32 Å². The molecule has 3 nitrogen and oxygen atoms in total. The summed E-state index contributed by atoms with van der Waals surface area (Å²) in [5, 5.41) is 3.40. The lowest BCUT2D eigenvalue weighted by atomic mass is 10.3. The molecule has 2 aromatic rings. The number of nitrogens with one attached hydrogen (secondary N) is 1. The van der Waals surface area contributed by atoms with Crippen molar-refractivity contribution in [1.82, 2.24) is 10.3 Å². The molecule has 1 N–H and O–H groups in total. The van der Waals surface area contributed by atoms with E-state index in [2.05, 4.69) is 46.1 Å². The van der Waals surface area contributed by atoms with Gasteiger partial charge >= 0.3 is 0 Å². The van der Waals surface area contributed by atoms with Crippen LogP contribution in [0.5, 0.6) is 0 Å². The van der Waals surface area contributed by atoms with Gasteiger partial charge < -0.3 is 9.73 Å². The summed E-state index contributed by atoms with van der Waals surface area (Å²) in [6.45, 7) is 6.91. The molecule has 2 rings (SSSR count). The molecule has 0 aromatic carbocycles. The van der Waals surface area contributed by atoms with Crippen LogP contribution in [-0.4, -0.2) is 4.98 Å². The summed E-state index contributed by atoms with van der Waals surface area (Å²) < 4.78 is 6.66. The van der Waals surface area contributed by atoms with E-state index in [4.69, 9.17) is 4.42 Å². The largest absolute Gasteiger partial charge is 0.444 e. The Labute approximate surface area is 113 Å². The molecule has 1 atom stereocenters. The molecule has 0 fully saturated rings. The monoisotopic (exact) mass is 314 g/mol. The molecule has 5 heteroatoms. The van der Waals surface area contributed by atoms with Crippen molar-refractivity contribution in [3.8, 4) is 0 Å². The van der Waals surface area contributed by atoms with E-state index in [1.54, 1.807) is 17.5 Å². The van der Waals surface area contributed by atoms with Crippen LogP contribution in [0, 0.1) is 13.8 Å². The van der Waals surface area contributed by atoms with Crippen molar-refractivity contribution in [2.75, 3.05) is 0 Å². The lowest BCUT2D eigenvalue weighted by molar-refractivity contribution is 0.403. The average Bonchev–Trinajstić information content (AvgIpc) is 2.83. The van der Waals surface area contributed by atoms with Gasteiger partial charge in [-0.25, -0.2) is 4.98 Å². The van der Waals surface area contributed by atoms with Gasteiger partial charge in [0.15, 0.2) is 0 Å². The number of halogens is 1. The molecule has 1 unspecified atom stereocenters. The number of nitrogens with zero attached hydrogens (tertiary/aromatic N) is 1. The van der Waals surface area contributed by atoms with Crippen molar-refractivity contribution >= 4 is 27.3 Å². The summed E-state index contributed by atoms with van der Waals surface area (Å²) in [5.41, 5.74) is 0. The topological polar surface area (TPSA) is 38.1 Å². The average molecular weight is 315 g/mol. The Morgan fingerprint density at radius 3 is 2.82 bits per heavy atom. The summed E-state index contributed by atoms with van der Waals surface area (Å²) in [7, 11) is 0. The minimum atomic E-state index is 0.130. The number of aryl methyl sites for hydroxylation is 2. The molecular formula is C12H15BrN2OS. The van der Waals surface area contributed by atoms with E-state index >= 15 is 0 Å². The second-order valence-corrected chi connectivity index (χ2v) is 6.22. The third kappa shape index (κ3) is 3.18. The summed E-state index contributed by atoms with van der Waals surface area (Å²) in [5.74, 6) is 1.60. The molecule has 0 aliphatic heterocycles. The molecular weight excluding hydrogens is 300 g/mol. The van der Waals surface area contributed by atoms with Gasteiger partial charge in [0, 0.05) is 20.8 Å². The van der Waals surface area contributed by atoms with E-state index in [1.807, 2.05) is 6.92 Å². The lowest BCUT2D eigenvalue weighted by Crippen LogP contribution is -2.17. The first-order chi connectivity index (χ1) is 8.06. The minimum absolute atomic E-state index is 0.130. The lowest BCUT2D eigenvalue weighted by Gasteiger charge is -2.08. The van der Waals surface area contributed by atoms with Crippen LogP contribution in [0.3, 0.4) is 0 Å². The highest BCUT2D eigenvalue weighted by Gasteiger charge is 2.11. The van der Waals surface area contributed by atoms with Crippen molar-refractivity contribution in [2.24, 2.45) is 0 Å². The molecule has 0 aliphatic carbocycles. The van der Waals surface area contributed by atoms with Gasteiger partial charge in [0.2, 0.25) is 5.89 Å². The Kier molecular flexibility index (Phi) is 4.01. The van der Waals surface area contributed by atoms with Gasteiger partial charge in [0.25, 0.3) is 0 Å². The third-order valence-corrected chi connectivity index (χ3v) is 4.64. The van der Waals surface area contributed by atoms with E-state index < -0.39 is 0 Å². The zero-order valence-corrected chi connectivity index (χ0v) is 12.5. The van der Waals surface area contributed by atoms with Crippen molar-refractivity contribution in [3.63, 3.8) is 0 Å². The fourth-order valence-corrected chi connectivity index (χ4v) is 3.07. The molecule has 0 saturated carbocycles. The first-order valence-corrected chi connectivity index (χ1v) is 7.07. The van der Waals surface area contributed by atoms with Crippen LogP contribution in [0.25, 0.3) is 0 Å². The van der Waals surface area contributed by atoms with Crippen LogP contribution in [-0.2, 0) is 6.54 Å². The number of hydrogen-bond acceptors (Lipinski definition) is 4. The third-order valence-electron chi connectivity index (χ3n) is 2.50. The fraction of sp³-hybridized carbons (Fsp3) is 0.417. The van der Waals surface area contributed by atoms with Gasteiger partial charge in [0.05, 0.1) is 12.2 Å². The quantitative estimate of drug-likeness (QED) is 0.928. The Morgan fingerprint density at radius 1 is 1.53 bits per heavy atom. The zero-order valence-electron chi connectivity index (χ0n) is 10.1. The van der Waals surface area contributed by atoms with Gasteiger partial charge in [-0.05, 0) is 42.8 Å². The highest BCUT2D eigenvalue weighted by atomic mass is 79.9. The molecule has 17 heavy (non-hydrogen) atoms. The second-order valence-electron chi connectivity index (χ2n) is 4.03. The number of rotatable bonds is 4. The molecule has 92 valence electrons. The number of thiophene rings is 1. The van der Waals surface area contributed by atoms with Gasteiger partial charge in [0.1, 0.15) is 5.76 Å². The summed E-state index contributed by atoms with van der Waals surface area (Å²) in [6, 6.07) is 2.28. The Bertz CT molecular complexity index is 487. The van der Waals surface area contributed by atoms with Crippen molar-refractivity contribution in [3.05, 3.63) is 38.1 Å². The minimum Gasteiger partial charge on any atom is -0.444 e. The van der Waals surface area contributed by atoms with E-state index in [0.29, 0.717) is 0 Å². The first kappa shape index (κ1) is 12.8. The van der Waals surface area contributed by atoms with Crippen LogP contribution in [0.2, 0.25) is 0 Å².